The van der Waals surface area contributed by atoms with E-state index in [1.54, 1.807) is 19.9 Å². The van der Waals surface area contributed by atoms with Crippen molar-refractivity contribution in [1.29, 1.82) is 0 Å². The summed E-state index contributed by atoms with van der Waals surface area (Å²) < 4.78 is 5.13. The second-order valence-corrected chi connectivity index (χ2v) is 4.42. The summed E-state index contributed by atoms with van der Waals surface area (Å²) in [5, 5.41) is 18.3. The number of aliphatic carboxylic acids is 1. The highest BCUT2D eigenvalue weighted by atomic mass is 16.5. The molecule has 0 aliphatic rings. The number of carboxylic acid groups (broad SMARTS) is 1. The van der Waals surface area contributed by atoms with Gasteiger partial charge in [-0.1, -0.05) is 19.9 Å². The Hall–Kier alpha value is -1.75. The average Bonchev–Trinajstić information content (AvgIpc) is 2.27. The molecule has 0 heterocycles. The number of ether oxygens (including phenoxy) is 1. The first kappa shape index (κ1) is 13.3. The topological polar surface area (TPSA) is 92.8 Å². The van der Waals surface area contributed by atoms with Crippen LogP contribution in [0.4, 0.5) is 0 Å². The van der Waals surface area contributed by atoms with Gasteiger partial charge >= 0.3 is 5.97 Å². The molecule has 5 nitrogen and oxygen atoms in total. The smallest absolute Gasteiger partial charge is 0.321 e. The van der Waals surface area contributed by atoms with E-state index in [0.717, 1.165) is 0 Å². The Morgan fingerprint density at radius 1 is 1.47 bits per heavy atom. The largest absolute Gasteiger partial charge is 0.508 e. The van der Waals surface area contributed by atoms with Crippen molar-refractivity contribution in [2.45, 2.75) is 25.3 Å². The van der Waals surface area contributed by atoms with Crippen molar-refractivity contribution in [1.82, 2.24) is 0 Å². The van der Waals surface area contributed by atoms with Crippen LogP contribution in [-0.2, 0) is 10.2 Å². The lowest BCUT2D eigenvalue weighted by Crippen LogP contribution is -2.46. The Bertz CT molecular complexity index is 429. The molecule has 0 aliphatic heterocycles. The highest BCUT2D eigenvalue weighted by Gasteiger charge is 2.36. The number of carbonyl (C=O) groups is 1. The fourth-order valence-corrected chi connectivity index (χ4v) is 1.69. The van der Waals surface area contributed by atoms with Crippen LogP contribution < -0.4 is 10.5 Å². The second-order valence-electron chi connectivity index (χ2n) is 4.42. The number of phenolic OH excluding ortho intramolecular Hbond substituents is 1. The fourth-order valence-electron chi connectivity index (χ4n) is 1.69. The SMILES string of the molecule is COc1cc(O)ccc1C(C)(C)C(N)C(=O)O. The monoisotopic (exact) mass is 239 g/mol. The summed E-state index contributed by atoms with van der Waals surface area (Å²) in [5.74, 6) is -0.595. The van der Waals surface area contributed by atoms with Crippen LogP contribution in [0, 0.1) is 0 Å². The summed E-state index contributed by atoms with van der Waals surface area (Å²) in [6.07, 6.45) is 0. The average molecular weight is 239 g/mol. The summed E-state index contributed by atoms with van der Waals surface area (Å²) in [7, 11) is 1.46. The van der Waals surface area contributed by atoms with Crippen molar-refractivity contribution in [3.8, 4) is 11.5 Å². The first-order valence-electron chi connectivity index (χ1n) is 5.16. The maximum Gasteiger partial charge on any atom is 0.321 e. The van der Waals surface area contributed by atoms with Crippen molar-refractivity contribution in [2.75, 3.05) is 7.11 Å². The molecule has 0 aliphatic carbocycles. The van der Waals surface area contributed by atoms with Gasteiger partial charge in [-0.05, 0) is 6.07 Å². The minimum Gasteiger partial charge on any atom is -0.508 e. The summed E-state index contributed by atoms with van der Waals surface area (Å²) in [5.41, 5.74) is 5.52. The molecule has 94 valence electrons. The van der Waals surface area contributed by atoms with Gasteiger partial charge in [-0.15, -0.1) is 0 Å². The summed E-state index contributed by atoms with van der Waals surface area (Å²) >= 11 is 0. The molecule has 0 bridgehead atoms. The molecule has 0 saturated heterocycles. The number of aromatic hydroxyl groups is 1. The normalized spacial score (nSPS) is 13.2. The molecular weight excluding hydrogens is 222 g/mol. The molecule has 1 unspecified atom stereocenters. The lowest BCUT2D eigenvalue weighted by Gasteiger charge is -2.30. The number of rotatable bonds is 4. The molecule has 1 aromatic rings. The van der Waals surface area contributed by atoms with Crippen molar-refractivity contribution in [2.24, 2.45) is 5.73 Å². The highest BCUT2D eigenvalue weighted by molar-refractivity contribution is 5.76. The van der Waals surface area contributed by atoms with Gasteiger partial charge in [0.2, 0.25) is 0 Å². The number of hydrogen-bond donors (Lipinski definition) is 3. The van der Waals surface area contributed by atoms with Crippen molar-refractivity contribution < 1.29 is 19.7 Å². The Morgan fingerprint density at radius 2 is 2.06 bits per heavy atom. The minimum atomic E-state index is -1.08. The lowest BCUT2D eigenvalue weighted by molar-refractivity contribution is -0.140. The third-order valence-electron chi connectivity index (χ3n) is 2.92. The number of benzene rings is 1. The summed E-state index contributed by atoms with van der Waals surface area (Å²) in [4.78, 5) is 11.0. The van der Waals surface area contributed by atoms with E-state index in [4.69, 9.17) is 15.6 Å². The fraction of sp³-hybridized carbons (Fsp3) is 0.417. The molecule has 0 radical (unpaired) electrons. The first-order chi connectivity index (χ1) is 7.80. The predicted molar refractivity (Wildman–Crippen MR) is 63.3 cm³/mol. The number of nitrogens with two attached hydrogens (primary N) is 1. The van der Waals surface area contributed by atoms with Crippen LogP contribution in [0.1, 0.15) is 19.4 Å². The molecule has 1 aromatic carbocycles. The van der Waals surface area contributed by atoms with Gasteiger partial charge in [0.15, 0.2) is 0 Å². The maximum atomic E-state index is 11.0. The Balaban J connectivity index is 3.27. The van der Waals surface area contributed by atoms with Crippen molar-refractivity contribution in [3.05, 3.63) is 23.8 Å². The molecule has 0 saturated carbocycles. The number of hydrogen-bond acceptors (Lipinski definition) is 4. The van der Waals surface area contributed by atoms with Crippen LogP contribution in [0.3, 0.4) is 0 Å². The zero-order chi connectivity index (χ0) is 13.2. The number of phenols is 1. The zero-order valence-corrected chi connectivity index (χ0v) is 10.1. The van der Waals surface area contributed by atoms with Crippen LogP contribution >= 0.6 is 0 Å². The molecular formula is C12H17NO4. The molecule has 4 N–H and O–H groups in total. The first-order valence-corrected chi connectivity index (χ1v) is 5.16. The van der Waals surface area contributed by atoms with E-state index in [0.29, 0.717) is 11.3 Å². The van der Waals surface area contributed by atoms with Gasteiger partial charge in [-0.2, -0.15) is 0 Å². The minimum absolute atomic E-state index is 0.0605. The van der Waals surface area contributed by atoms with E-state index in [1.807, 2.05) is 0 Å². The quantitative estimate of drug-likeness (QED) is 0.731. The molecule has 17 heavy (non-hydrogen) atoms. The van der Waals surface area contributed by atoms with E-state index in [2.05, 4.69) is 0 Å². The van der Waals surface area contributed by atoms with Crippen LogP contribution in [-0.4, -0.2) is 29.3 Å². The predicted octanol–water partition coefficient (Wildman–Crippen LogP) is 1.09. The van der Waals surface area contributed by atoms with Gasteiger partial charge in [0, 0.05) is 17.0 Å². The van der Waals surface area contributed by atoms with Crippen molar-refractivity contribution >= 4 is 5.97 Å². The molecule has 0 amide bonds. The molecule has 0 spiro atoms. The van der Waals surface area contributed by atoms with E-state index < -0.39 is 17.4 Å². The van der Waals surface area contributed by atoms with Crippen LogP contribution in [0.2, 0.25) is 0 Å². The molecule has 1 atom stereocenters. The Morgan fingerprint density at radius 3 is 2.53 bits per heavy atom. The van der Waals surface area contributed by atoms with Crippen LogP contribution in [0.25, 0.3) is 0 Å². The van der Waals surface area contributed by atoms with Crippen LogP contribution in [0.5, 0.6) is 11.5 Å². The standard InChI is InChI=1S/C12H17NO4/c1-12(2,10(13)11(15)16)8-5-4-7(14)6-9(8)17-3/h4-6,10,14H,13H2,1-3H3,(H,15,16). The summed E-state index contributed by atoms with van der Waals surface area (Å²) in [6.45, 7) is 3.45. The third-order valence-corrected chi connectivity index (χ3v) is 2.92. The molecule has 5 heteroatoms. The van der Waals surface area contributed by atoms with E-state index >= 15 is 0 Å². The summed E-state index contributed by atoms with van der Waals surface area (Å²) in [6, 6.07) is 3.48. The number of carboxylic acids is 1. The number of methoxy groups -OCH3 is 1. The lowest BCUT2D eigenvalue weighted by atomic mass is 9.77. The Labute approximate surface area is 99.8 Å². The van der Waals surface area contributed by atoms with Gasteiger partial charge < -0.3 is 20.7 Å². The van der Waals surface area contributed by atoms with E-state index in [1.165, 1.54) is 19.2 Å². The Kier molecular flexibility index (Phi) is 3.63. The molecule has 0 aromatic heterocycles. The zero-order valence-electron chi connectivity index (χ0n) is 10.1. The van der Waals surface area contributed by atoms with E-state index in [9.17, 15) is 9.90 Å². The van der Waals surface area contributed by atoms with Gasteiger partial charge in [0.25, 0.3) is 0 Å². The van der Waals surface area contributed by atoms with Gasteiger partial charge in [-0.3, -0.25) is 4.79 Å². The van der Waals surface area contributed by atoms with E-state index in [-0.39, 0.29) is 5.75 Å². The molecule has 0 fully saturated rings. The third kappa shape index (κ3) is 2.50. The van der Waals surface area contributed by atoms with Crippen LogP contribution in [0.15, 0.2) is 18.2 Å². The van der Waals surface area contributed by atoms with Gasteiger partial charge in [0.05, 0.1) is 7.11 Å². The highest BCUT2D eigenvalue weighted by Crippen LogP contribution is 2.35. The van der Waals surface area contributed by atoms with Gasteiger partial charge in [-0.25, -0.2) is 0 Å². The van der Waals surface area contributed by atoms with Gasteiger partial charge in [0.1, 0.15) is 17.5 Å². The van der Waals surface area contributed by atoms with Crippen molar-refractivity contribution in [3.63, 3.8) is 0 Å². The maximum absolute atomic E-state index is 11.0. The molecule has 1 rings (SSSR count). The second kappa shape index (κ2) is 4.63.